The van der Waals surface area contributed by atoms with Crippen LogP contribution in [0.4, 0.5) is 5.69 Å². The van der Waals surface area contributed by atoms with E-state index in [9.17, 15) is 4.79 Å². The lowest BCUT2D eigenvalue weighted by Gasteiger charge is -2.08. The van der Waals surface area contributed by atoms with Crippen molar-refractivity contribution in [3.8, 4) is 0 Å². The Hall–Kier alpha value is -2.60. The lowest BCUT2D eigenvalue weighted by molar-refractivity contribution is -0.121. The van der Waals surface area contributed by atoms with E-state index in [-0.39, 0.29) is 12.5 Å². The molecule has 0 saturated heterocycles. The predicted molar refractivity (Wildman–Crippen MR) is 93.1 cm³/mol. The summed E-state index contributed by atoms with van der Waals surface area (Å²) in [5.74, 6) is -0.274. The van der Waals surface area contributed by atoms with E-state index in [1.54, 1.807) is 18.2 Å². The van der Waals surface area contributed by atoms with Gasteiger partial charge in [-0.2, -0.15) is 0 Å². The first kappa shape index (κ1) is 16.3. The summed E-state index contributed by atoms with van der Waals surface area (Å²) in [6.07, 6.45) is 2.12. The summed E-state index contributed by atoms with van der Waals surface area (Å²) < 4.78 is 0. The predicted octanol–water partition coefficient (Wildman–Crippen LogP) is 3.10. The molecule has 0 spiro atoms. The largest absolute Gasteiger partial charge is 0.385 e. The molecular weight excluding hydrogens is 328 g/mol. The fraction of sp³-hybridized carbons (Fsp3) is 0.235. The number of carbonyl (C=O) groups is 1. The molecule has 0 radical (unpaired) electrons. The van der Waals surface area contributed by atoms with Crippen LogP contribution in [0.3, 0.4) is 0 Å². The molecule has 0 aliphatic rings. The molecule has 3 rings (SSSR count). The number of anilines is 1. The van der Waals surface area contributed by atoms with E-state index in [0.29, 0.717) is 16.1 Å². The molecule has 6 nitrogen and oxygen atoms in total. The molecule has 2 aromatic carbocycles. The van der Waals surface area contributed by atoms with Crippen molar-refractivity contribution in [2.24, 2.45) is 0 Å². The topological polar surface area (TPSA) is 69.0 Å². The zero-order chi connectivity index (χ0) is 16.9. The maximum absolute atomic E-state index is 12.0. The minimum atomic E-state index is -0.274. The first-order valence-corrected chi connectivity index (χ1v) is 8.06. The Morgan fingerprint density at radius 1 is 1.25 bits per heavy atom. The Kier molecular flexibility index (Phi) is 4.96. The molecule has 0 fully saturated rings. The van der Waals surface area contributed by atoms with Gasteiger partial charge < -0.3 is 10.2 Å². The summed E-state index contributed by atoms with van der Waals surface area (Å²) in [4.78, 5) is 18.6. The molecule has 0 aliphatic carbocycles. The summed E-state index contributed by atoms with van der Waals surface area (Å²) in [7, 11) is 0. The van der Waals surface area contributed by atoms with Crippen molar-refractivity contribution in [1.29, 1.82) is 0 Å². The Morgan fingerprint density at radius 3 is 2.79 bits per heavy atom. The Labute approximate surface area is 144 Å². The molecule has 1 N–H and O–H groups in total. The Balaban J connectivity index is 1.59. The maximum atomic E-state index is 12.0. The first-order chi connectivity index (χ1) is 11.7. The van der Waals surface area contributed by atoms with Crippen LogP contribution in [0.5, 0.6) is 0 Å². The van der Waals surface area contributed by atoms with Crippen LogP contribution in [0.2, 0.25) is 5.02 Å². The molecule has 0 unspecified atom stereocenters. The second-order valence-corrected chi connectivity index (χ2v) is 5.80. The number of nitrogens with zero attached hydrogens (tertiary/aromatic N) is 3. The molecule has 0 atom stereocenters. The summed E-state index contributed by atoms with van der Waals surface area (Å²) in [5.41, 5.74) is 3.23. The molecule has 1 heterocycles. The smallest absolute Gasteiger partial charge is 0.265 e. The van der Waals surface area contributed by atoms with Gasteiger partial charge in [-0.1, -0.05) is 41.9 Å². The van der Waals surface area contributed by atoms with Gasteiger partial charge in [0.05, 0.1) is 0 Å². The van der Waals surface area contributed by atoms with Gasteiger partial charge in [0.25, 0.3) is 5.91 Å². The van der Waals surface area contributed by atoms with Crippen LogP contribution >= 0.6 is 11.6 Å². The van der Waals surface area contributed by atoms with Gasteiger partial charge in [0.15, 0.2) is 6.61 Å². The van der Waals surface area contributed by atoms with Crippen LogP contribution in [0.1, 0.15) is 18.9 Å². The molecular formula is C17H17ClN4O2. The van der Waals surface area contributed by atoms with E-state index in [4.69, 9.17) is 16.4 Å². The zero-order valence-electron chi connectivity index (χ0n) is 13.2. The fourth-order valence-electron chi connectivity index (χ4n) is 2.33. The highest BCUT2D eigenvalue weighted by molar-refractivity contribution is 6.31. The van der Waals surface area contributed by atoms with Crippen molar-refractivity contribution < 1.29 is 9.63 Å². The number of benzene rings is 2. The van der Waals surface area contributed by atoms with E-state index in [1.165, 1.54) is 10.4 Å². The van der Waals surface area contributed by atoms with Crippen molar-refractivity contribution in [2.75, 3.05) is 11.9 Å². The van der Waals surface area contributed by atoms with Crippen LogP contribution in [0.25, 0.3) is 11.0 Å². The highest BCUT2D eigenvalue weighted by Gasteiger charge is 2.09. The van der Waals surface area contributed by atoms with Gasteiger partial charge in [0.2, 0.25) is 0 Å². The van der Waals surface area contributed by atoms with Crippen molar-refractivity contribution in [1.82, 2.24) is 15.2 Å². The van der Waals surface area contributed by atoms with Crippen LogP contribution in [0.15, 0.2) is 42.5 Å². The Bertz CT molecular complexity index is 845. The molecule has 1 aromatic heterocycles. The van der Waals surface area contributed by atoms with Gasteiger partial charge in [-0.3, -0.25) is 4.79 Å². The first-order valence-electron chi connectivity index (χ1n) is 7.69. The standard InChI is InChI=1S/C17H17ClN4O2/c1-2-3-12-4-7-14(8-5-12)19-17(23)11-24-22-16-10-13(18)6-9-15(16)20-21-22/h4-10H,2-3,11H2,1H3,(H,19,23). The van der Waals surface area contributed by atoms with Gasteiger partial charge in [0.1, 0.15) is 11.0 Å². The maximum Gasteiger partial charge on any atom is 0.265 e. The number of fused-ring (bicyclic) bond motifs is 1. The van der Waals surface area contributed by atoms with Gasteiger partial charge in [-0.25, -0.2) is 0 Å². The van der Waals surface area contributed by atoms with Gasteiger partial charge in [0, 0.05) is 10.7 Å². The number of carbonyl (C=O) groups excluding carboxylic acids is 1. The Morgan fingerprint density at radius 2 is 2.04 bits per heavy atom. The van der Waals surface area contributed by atoms with Crippen molar-refractivity contribution >= 4 is 34.2 Å². The normalized spacial score (nSPS) is 10.8. The van der Waals surface area contributed by atoms with Crippen LogP contribution in [-0.2, 0) is 11.2 Å². The monoisotopic (exact) mass is 344 g/mol. The number of amides is 1. The zero-order valence-corrected chi connectivity index (χ0v) is 14.0. The number of hydrogen-bond acceptors (Lipinski definition) is 4. The van der Waals surface area contributed by atoms with Crippen LogP contribution in [-0.4, -0.2) is 27.7 Å². The number of nitrogens with one attached hydrogen (secondary N) is 1. The fourth-order valence-corrected chi connectivity index (χ4v) is 2.49. The number of halogens is 1. The highest BCUT2D eigenvalue weighted by atomic mass is 35.5. The second-order valence-electron chi connectivity index (χ2n) is 5.36. The van der Waals surface area contributed by atoms with E-state index < -0.39 is 0 Å². The van der Waals surface area contributed by atoms with Gasteiger partial charge >= 0.3 is 0 Å². The van der Waals surface area contributed by atoms with Gasteiger partial charge in [-0.05, 0) is 47.5 Å². The van der Waals surface area contributed by atoms with E-state index in [1.807, 2.05) is 24.3 Å². The van der Waals surface area contributed by atoms with Crippen molar-refractivity contribution in [3.63, 3.8) is 0 Å². The van der Waals surface area contributed by atoms with Crippen LogP contribution in [0, 0.1) is 0 Å². The molecule has 1 amide bonds. The van der Waals surface area contributed by atoms with E-state index >= 15 is 0 Å². The summed E-state index contributed by atoms with van der Waals surface area (Å²) in [6, 6.07) is 12.9. The summed E-state index contributed by atoms with van der Waals surface area (Å²) in [5, 5.41) is 11.1. The van der Waals surface area contributed by atoms with Crippen LogP contribution < -0.4 is 10.2 Å². The van der Waals surface area contributed by atoms with Gasteiger partial charge in [-0.15, -0.1) is 5.10 Å². The quantitative estimate of drug-likeness (QED) is 0.746. The molecule has 7 heteroatoms. The lowest BCUT2D eigenvalue weighted by Crippen LogP contribution is -2.26. The third kappa shape index (κ3) is 3.83. The number of aromatic nitrogens is 3. The summed E-state index contributed by atoms with van der Waals surface area (Å²) in [6.45, 7) is 1.95. The number of aryl methyl sites for hydroxylation is 1. The average molecular weight is 345 g/mol. The third-order valence-corrected chi connectivity index (χ3v) is 3.71. The molecule has 124 valence electrons. The molecule has 0 saturated carbocycles. The molecule has 3 aromatic rings. The highest BCUT2D eigenvalue weighted by Crippen LogP contribution is 2.16. The number of rotatable bonds is 6. The molecule has 0 aliphatic heterocycles. The van der Waals surface area contributed by atoms with E-state index in [2.05, 4.69) is 22.6 Å². The minimum Gasteiger partial charge on any atom is -0.385 e. The number of hydrogen-bond donors (Lipinski definition) is 1. The van der Waals surface area contributed by atoms with Crippen molar-refractivity contribution in [2.45, 2.75) is 19.8 Å². The lowest BCUT2D eigenvalue weighted by atomic mass is 10.1. The molecule has 24 heavy (non-hydrogen) atoms. The minimum absolute atomic E-state index is 0.179. The molecule has 0 bridgehead atoms. The average Bonchev–Trinajstić information content (AvgIpc) is 2.97. The third-order valence-electron chi connectivity index (χ3n) is 3.47. The van der Waals surface area contributed by atoms with Crippen molar-refractivity contribution in [3.05, 3.63) is 53.1 Å². The summed E-state index contributed by atoms with van der Waals surface area (Å²) >= 11 is 5.95. The second kappa shape index (κ2) is 7.31. The van der Waals surface area contributed by atoms with E-state index in [0.717, 1.165) is 18.5 Å². The SMILES string of the molecule is CCCc1ccc(NC(=O)COn2nnc3ccc(Cl)cc32)cc1.